The lowest BCUT2D eigenvalue weighted by molar-refractivity contribution is 0.599. The van der Waals surface area contributed by atoms with Crippen LogP contribution in [0.15, 0.2) is 65.6 Å². The van der Waals surface area contributed by atoms with E-state index >= 15 is 0 Å². The first-order chi connectivity index (χ1) is 10.5. The third-order valence-electron chi connectivity index (χ3n) is 3.24. The molecule has 1 N–H and O–H groups in total. The molecule has 0 heterocycles. The normalized spacial score (nSPS) is 11.5. The van der Waals surface area contributed by atoms with E-state index < -0.39 is 15.8 Å². The number of rotatable bonds is 3. The Morgan fingerprint density at radius 3 is 2.18 bits per heavy atom. The van der Waals surface area contributed by atoms with Crippen molar-refractivity contribution in [3.05, 3.63) is 71.5 Å². The highest BCUT2D eigenvalue weighted by Gasteiger charge is 2.16. The van der Waals surface area contributed by atoms with Gasteiger partial charge in [0.1, 0.15) is 5.82 Å². The molecule has 0 aliphatic heterocycles. The highest BCUT2D eigenvalue weighted by atomic mass is 35.5. The minimum absolute atomic E-state index is 0.00655. The summed E-state index contributed by atoms with van der Waals surface area (Å²) in [4.78, 5) is -0.00655. The third kappa shape index (κ3) is 2.77. The lowest BCUT2D eigenvalue weighted by Gasteiger charge is -2.11. The molecular formula is C16H11ClFNO2S. The van der Waals surface area contributed by atoms with Gasteiger partial charge in [0.05, 0.1) is 10.6 Å². The molecule has 3 rings (SSSR count). The van der Waals surface area contributed by atoms with E-state index in [1.807, 2.05) is 12.1 Å². The molecule has 0 aliphatic carbocycles. The Balaban J connectivity index is 2.06. The van der Waals surface area contributed by atoms with Gasteiger partial charge in [0.25, 0.3) is 10.0 Å². The van der Waals surface area contributed by atoms with Crippen LogP contribution in [-0.2, 0) is 10.0 Å². The Morgan fingerprint density at radius 1 is 0.864 bits per heavy atom. The van der Waals surface area contributed by atoms with Crippen LogP contribution < -0.4 is 4.72 Å². The standard InChI is InChI=1S/C16H11ClFNO2S/c17-15-9-10-16(14-4-2-1-3-13(14)15)19-22(20,21)12-7-5-11(18)6-8-12/h1-10,19H. The van der Waals surface area contributed by atoms with Gasteiger partial charge in [0.15, 0.2) is 0 Å². The van der Waals surface area contributed by atoms with Crippen LogP contribution in [0.1, 0.15) is 0 Å². The van der Waals surface area contributed by atoms with Crippen LogP contribution >= 0.6 is 11.6 Å². The molecule has 3 nitrogen and oxygen atoms in total. The monoisotopic (exact) mass is 335 g/mol. The number of sulfonamides is 1. The van der Waals surface area contributed by atoms with Crippen LogP contribution in [0.2, 0.25) is 5.02 Å². The molecule has 0 bridgehead atoms. The average Bonchev–Trinajstić information content (AvgIpc) is 2.51. The number of benzene rings is 3. The van der Waals surface area contributed by atoms with Gasteiger partial charge >= 0.3 is 0 Å². The van der Waals surface area contributed by atoms with Crippen LogP contribution in [0.3, 0.4) is 0 Å². The van der Waals surface area contributed by atoms with Gasteiger partial charge in [-0.3, -0.25) is 4.72 Å². The maximum absolute atomic E-state index is 12.9. The number of fused-ring (bicyclic) bond motifs is 1. The fraction of sp³-hybridized carbons (Fsp3) is 0. The smallest absolute Gasteiger partial charge is 0.261 e. The molecule has 0 radical (unpaired) electrons. The zero-order valence-corrected chi connectivity index (χ0v) is 12.8. The molecular weight excluding hydrogens is 325 g/mol. The summed E-state index contributed by atoms with van der Waals surface area (Å²) in [5, 5.41) is 1.99. The summed E-state index contributed by atoms with van der Waals surface area (Å²) in [6.07, 6.45) is 0. The fourth-order valence-corrected chi connectivity index (χ4v) is 3.48. The first-order valence-corrected chi connectivity index (χ1v) is 8.29. The van der Waals surface area contributed by atoms with Gasteiger partial charge in [-0.15, -0.1) is 0 Å². The van der Waals surface area contributed by atoms with Gasteiger partial charge in [-0.2, -0.15) is 0 Å². The van der Waals surface area contributed by atoms with Crippen molar-refractivity contribution in [2.75, 3.05) is 4.72 Å². The van der Waals surface area contributed by atoms with E-state index in [4.69, 9.17) is 11.6 Å². The molecule has 0 unspecified atom stereocenters. The predicted octanol–water partition coefficient (Wildman–Crippen LogP) is 4.43. The van der Waals surface area contributed by atoms with Crippen molar-refractivity contribution in [2.45, 2.75) is 4.90 Å². The van der Waals surface area contributed by atoms with Crippen LogP contribution in [0.5, 0.6) is 0 Å². The zero-order valence-electron chi connectivity index (χ0n) is 11.3. The SMILES string of the molecule is O=S(=O)(Nc1ccc(Cl)c2ccccc12)c1ccc(F)cc1. The summed E-state index contributed by atoms with van der Waals surface area (Å²) >= 11 is 6.12. The van der Waals surface area contributed by atoms with Crippen LogP contribution in [0.4, 0.5) is 10.1 Å². The number of anilines is 1. The summed E-state index contributed by atoms with van der Waals surface area (Å²) < 4.78 is 40.2. The van der Waals surface area contributed by atoms with Crippen LogP contribution in [-0.4, -0.2) is 8.42 Å². The second-order valence-corrected chi connectivity index (χ2v) is 6.79. The lowest BCUT2D eigenvalue weighted by atomic mass is 10.1. The molecule has 0 aliphatic rings. The highest BCUT2D eigenvalue weighted by molar-refractivity contribution is 7.92. The first kappa shape index (κ1) is 14.8. The second kappa shape index (κ2) is 5.59. The molecule has 0 saturated carbocycles. The summed E-state index contributed by atoms with van der Waals surface area (Å²) in [6, 6.07) is 15.1. The number of nitrogens with one attached hydrogen (secondary N) is 1. The number of hydrogen-bond donors (Lipinski definition) is 1. The average molecular weight is 336 g/mol. The number of halogens is 2. The summed E-state index contributed by atoms with van der Waals surface area (Å²) in [6.45, 7) is 0. The van der Waals surface area contributed by atoms with Gasteiger partial charge in [-0.25, -0.2) is 12.8 Å². The van der Waals surface area contributed by atoms with E-state index in [0.717, 1.165) is 17.5 Å². The molecule has 0 amide bonds. The Bertz CT molecular complexity index is 940. The predicted molar refractivity (Wildman–Crippen MR) is 86.2 cm³/mol. The topological polar surface area (TPSA) is 46.2 Å². The van der Waals surface area contributed by atoms with Crippen molar-refractivity contribution in [3.8, 4) is 0 Å². The molecule has 0 spiro atoms. The minimum Gasteiger partial charge on any atom is -0.279 e. The summed E-state index contributed by atoms with van der Waals surface area (Å²) in [7, 11) is -3.79. The molecule has 0 aromatic heterocycles. The molecule has 0 fully saturated rings. The molecule has 3 aromatic rings. The van der Waals surface area contributed by atoms with Crippen molar-refractivity contribution in [3.63, 3.8) is 0 Å². The molecule has 3 aromatic carbocycles. The van der Waals surface area contributed by atoms with E-state index in [1.54, 1.807) is 24.3 Å². The highest BCUT2D eigenvalue weighted by Crippen LogP contribution is 2.31. The van der Waals surface area contributed by atoms with Crippen molar-refractivity contribution < 1.29 is 12.8 Å². The molecule has 22 heavy (non-hydrogen) atoms. The van der Waals surface area contributed by atoms with E-state index in [0.29, 0.717) is 16.1 Å². The van der Waals surface area contributed by atoms with E-state index in [9.17, 15) is 12.8 Å². The zero-order chi connectivity index (χ0) is 15.7. The van der Waals surface area contributed by atoms with E-state index in [-0.39, 0.29) is 4.90 Å². The minimum atomic E-state index is -3.79. The quantitative estimate of drug-likeness (QED) is 0.769. The van der Waals surface area contributed by atoms with Crippen molar-refractivity contribution in [2.24, 2.45) is 0 Å². The van der Waals surface area contributed by atoms with Crippen molar-refractivity contribution >= 4 is 38.1 Å². The molecule has 0 atom stereocenters. The van der Waals surface area contributed by atoms with Crippen LogP contribution in [0.25, 0.3) is 10.8 Å². The molecule has 0 saturated heterocycles. The second-order valence-electron chi connectivity index (χ2n) is 4.70. The van der Waals surface area contributed by atoms with Crippen LogP contribution in [0, 0.1) is 5.82 Å². The molecule has 6 heteroatoms. The first-order valence-electron chi connectivity index (χ1n) is 6.43. The van der Waals surface area contributed by atoms with Gasteiger partial charge in [-0.05, 0) is 36.4 Å². The largest absolute Gasteiger partial charge is 0.279 e. The van der Waals surface area contributed by atoms with E-state index in [1.165, 1.54) is 12.1 Å². The Morgan fingerprint density at radius 2 is 1.50 bits per heavy atom. The molecule has 112 valence electrons. The lowest BCUT2D eigenvalue weighted by Crippen LogP contribution is -2.13. The maximum atomic E-state index is 12.9. The summed E-state index contributed by atoms with van der Waals surface area (Å²) in [5.41, 5.74) is 0.421. The number of hydrogen-bond acceptors (Lipinski definition) is 2. The fourth-order valence-electron chi connectivity index (χ4n) is 2.17. The Labute approximate surface area is 132 Å². The third-order valence-corrected chi connectivity index (χ3v) is 4.95. The van der Waals surface area contributed by atoms with Crippen molar-refractivity contribution in [1.29, 1.82) is 0 Å². The Hall–Kier alpha value is -2.11. The van der Waals surface area contributed by atoms with E-state index in [2.05, 4.69) is 4.72 Å². The maximum Gasteiger partial charge on any atom is 0.261 e. The Kier molecular flexibility index (Phi) is 3.76. The van der Waals surface area contributed by atoms with Crippen molar-refractivity contribution in [1.82, 2.24) is 0 Å². The van der Waals surface area contributed by atoms with Gasteiger partial charge in [0.2, 0.25) is 0 Å². The summed E-state index contributed by atoms with van der Waals surface area (Å²) in [5.74, 6) is -0.490. The van der Waals surface area contributed by atoms with Gasteiger partial charge in [-0.1, -0.05) is 35.9 Å². The van der Waals surface area contributed by atoms with Gasteiger partial charge < -0.3 is 0 Å². The van der Waals surface area contributed by atoms with Gasteiger partial charge in [0, 0.05) is 15.8 Å².